The molecule has 4 nitrogen and oxygen atoms in total. The normalized spacial score (nSPS) is 16.1. The van der Waals surface area contributed by atoms with Crippen LogP contribution in [0.25, 0.3) is 0 Å². The molecular formula is C17H26N4S. The summed E-state index contributed by atoms with van der Waals surface area (Å²) in [5.41, 5.74) is 6.23. The summed E-state index contributed by atoms with van der Waals surface area (Å²) in [6.07, 6.45) is 5.32. The van der Waals surface area contributed by atoms with Crippen LogP contribution in [0.2, 0.25) is 0 Å². The molecule has 22 heavy (non-hydrogen) atoms. The summed E-state index contributed by atoms with van der Waals surface area (Å²) < 4.78 is 0. The molecule has 0 amide bonds. The van der Waals surface area contributed by atoms with Gasteiger partial charge in [-0.1, -0.05) is 25.0 Å². The van der Waals surface area contributed by atoms with Crippen molar-refractivity contribution in [1.82, 2.24) is 10.7 Å². The third-order valence-electron chi connectivity index (χ3n) is 3.92. The molecule has 0 unspecified atom stereocenters. The number of thiocarbonyl (C=S) groups is 1. The van der Waals surface area contributed by atoms with Crippen LogP contribution in [-0.2, 0) is 0 Å². The molecule has 1 aliphatic heterocycles. The minimum Gasteiger partial charge on any atom is -0.372 e. The first-order valence-corrected chi connectivity index (χ1v) is 8.55. The zero-order valence-corrected chi connectivity index (χ0v) is 14.4. The fraction of sp³-hybridized carbons (Fsp3) is 0.529. The van der Waals surface area contributed by atoms with E-state index in [1.807, 2.05) is 13.8 Å². The Hall–Kier alpha value is -1.62. The first-order valence-electron chi connectivity index (χ1n) is 8.14. The summed E-state index contributed by atoms with van der Waals surface area (Å²) in [6.45, 7) is 7.13. The van der Waals surface area contributed by atoms with Gasteiger partial charge in [0.25, 0.3) is 0 Å². The van der Waals surface area contributed by atoms with Gasteiger partial charge in [0, 0.05) is 25.3 Å². The molecule has 5 heteroatoms. The van der Waals surface area contributed by atoms with Gasteiger partial charge in [-0.05, 0) is 56.6 Å². The number of hydrazone groups is 1. The lowest BCUT2D eigenvalue weighted by Gasteiger charge is -2.22. The van der Waals surface area contributed by atoms with Crippen LogP contribution in [0.15, 0.2) is 29.4 Å². The third kappa shape index (κ3) is 4.98. The Labute approximate surface area is 139 Å². The standard InChI is InChI=1S/C17H26N4S/c1-3-18-17(22)20-19-14(2)15-8-10-16(11-9-15)21-12-6-4-5-7-13-21/h8-11H,3-7,12-13H2,1-2H3,(H2,18,20,22). The zero-order chi connectivity index (χ0) is 15.8. The van der Waals surface area contributed by atoms with Gasteiger partial charge in [0.05, 0.1) is 5.71 Å². The van der Waals surface area contributed by atoms with Crippen molar-refractivity contribution >= 4 is 28.7 Å². The Morgan fingerprint density at radius 3 is 2.36 bits per heavy atom. The topological polar surface area (TPSA) is 39.7 Å². The molecule has 120 valence electrons. The maximum absolute atomic E-state index is 5.10. The van der Waals surface area contributed by atoms with Gasteiger partial charge in [0.15, 0.2) is 5.11 Å². The molecule has 0 saturated carbocycles. The van der Waals surface area contributed by atoms with Crippen molar-refractivity contribution in [2.45, 2.75) is 39.5 Å². The fourth-order valence-corrected chi connectivity index (χ4v) is 2.83. The second kappa shape index (κ2) is 8.73. The van der Waals surface area contributed by atoms with Crippen LogP contribution >= 0.6 is 12.2 Å². The molecule has 0 aromatic heterocycles. The lowest BCUT2D eigenvalue weighted by atomic mass is 10.1. The first kappa shape index (κ1) is 16.7. The van der Waals surface area contributed by atoms with E-state index in [1.165, 1.54) is 44.5 Å². The molecule has 1 heterocycles. The summed E-state index contributed by atoms with van der Waals surface area (Å²) in [5.74, 6) is 0. The summed E-state index contributed by atoms with van der Waals surface area (Å²) in [4.78, 5) is 2.49. The molecule has 0 spiro atoms. The quantitative estimate of drug-likeness (QED) is 0.508. The highest BCUT2D eigenvalue weighted by atomic mass is 32.1. The van der Waals surface area contributed by atoms with Crippen LogP contribution in [0.3, 0.4) is 0 Å². The van der Waals surface area contributed by atoms with E-state index in [1.54, 1.807) is 0 Å². The van der Waals surface area contributed by atoms with Crippen LogP contribution in [0.4, 0.5) is 5.69 Å². The Morgan fingerprint density at radius 1 is 1.14 bits per heavy atom. The third-order valence-corrected chi connectivity index (χ3v) is 4.15. The Bertz CT molecular complexity index is 502. The molecule has 1 aliphatic rings. The monoisotopic (exact) mass is 318 g/mol. The maximum atomic E-state index is 5.10. The van der Waals surface area contributed by atoms with Crippen LogP contribution < -0.4 is 15.6 Å². The van der Waals surface area contributed by atoms with Crippen LogP contribution in [0.5, 0.6) is 0 Å². The molecule has 1 saturated heterocycles. The van der Waals surface area contributed by atoms with Gasteiger partial charge in [-0.3, -0.25) is 5.43 Å². The van der Waals surface area contributed by atoms with Crippen molar-refractivity contribution in [3.8, 4) is 0 Å². The van der Waals surface area contributed by atoms with Crippen molar-refractivity contribution in [2.75, 3.05) is 24.5 Å². The van der Waals surface area contributed by atoms with E-state index in [0.29, 0.717) is 5.11 Å². The SMILES string of the molecule is CCNC(=S)NN=C(C)c1ccc(N2CCCCCC2)cc1. The molecule has 0 aliphatic carbocycles. The number of nitrogens with one attached hydrogen (secondary N) is 2. The minimum absolute atomic E-state index is 0.558. The second-order valence-electron chi connectivity index (χ2n) is 5.62. The number of rotatable bonds is 4. The first-order chi connectivity index (χ1) is 10.7. The van der Waals surface area contributed by atoms with Crippen LogP contribution in [0, 0.1) is 0 Å². The van der Waals surface area contributed by atoms with Crippen LogP contribution in [-0.4, -0.2) is 30.5 Å². The highest BCUT2D eigenvalue weighted by molar-refractivity contribution is 7.80. The van der Waals surface area contributed by atoms with Crippen LogP contribution in [0.1, 0.15) is 45.1 Å². The number of hydrogen-bond acceptors (Lipinski definition) is 3. The van der Waals surface area contributed by atoms with Gasteiger partial charge in [-0.25, -0.2) is 0 Å². The molecule has 1 aromatic rings. The van der Waals surface area contributed by atoms with Gasteiger partial charge in [-0.2, -0.15) is 5.10 Å². The number of anilines is 1. The van der Waals surface area contributed by atoms with Gasteiger partial charge >= 0.3 is 0 Å². The van der Waals surface area contributed by atoms with Gasteiger partial charge in [0.2, 0.25) is 0 Å². The second-order valence-corrected chi connectivity index (χ2v) is 6.02. The molecule has 1 aromatic carbocycles. The molecule has 0 radical (unpaired) electrons. The van der Waals surface area contributed by atoms with Crippen molar-refractivity contribution < 1.29 is 0 Å². The molecule has 2 rings (SSSR count). The van der Waals surface area contributed by atoms with E-state index in [-0.39, 0.29) is 0 Å². The molecule has 1 fully saturated rings. The minimum atomic E-state index is 0.558. The number of nitrogens with zero attached hydrogens (tertiary/aromatic N) is 2. The van der Waals surface area contributed by atoms with Gasteiger partial charge in [0.1, 0.15) is 0 Å². The van der Waals surface area contributed by atoms with E-state index in [4.69, 9.17) is 12.2 Å². The van der Waals surface area contributed by atoms with Gasteiger partial charge in [-0.15, -0.1) is 0 Å². The van der Waals surface area contributed by atoms with Crippen molar-refractivity contribution in [1.29, 1.82) is 0 Å². The fourth-order valence-electron chi connectivity index (χ4n) is 2.64. The van der Waals surface area contributed by atoms with E-state index in [2.05, 4.69) is 45.0 Å². The van der Waals surface area contributed by atoms with E-state index in [0.717, 1.165) is 17.8 Å². The zero-order valence-electron chi connectivity index (χ0n) is 13.6. The van der Waals surface area contributed by atoms with E-state index >= 15 is 0 Å². The van der Waals surface area contributed by atoms with Gasteiger partial charge < -0.3 is 10.2 Å². The maximum Gasteiger partial charge on any atom is 0.186 e. The van der Waals surface area contributed by atoms with Crippen molar-refractivity contribution in [3.63, 3.8) is 0 Å². The highest BCUT2D eigenvalue weighted by Gasteiger charge is 2.09. The summed E-state index contributed by atoms with van der Waals surface area (Å²) >= 11 is 5.10. The Morgan fingerprint density at radius 2 is 1.77 bits per heavy atom. The van der Waals surface area contributed by atoms with Crippen molar-refractivity contribution in [2.24, 2.45) is 5.10 Å². The molecular weight excluding hydrogens is 292 g/mol. The summed E-state index contributed by atoms with van der Waals surface area (Å²) in [7, 11) is 0. The lowest BCUT2D eigenvalue weighted by Crippen LogP contribution is -2.32. The van der Waals surface area contributed by atoms with E-state index < -0.39 is 0 Å². The highest BCUT2D eigenvalue weighted by Crippen LogP contribution is 2.20. The van der Waals surface area contributed by atoms with Crippen molar-refractivity contribution in [3.05, 3.63) is 29.8 Å². The Kier molecular flexibility index (Phi) is 6.65. The predicted molar refractivity (Wildman–Crippen MR) is 98.7 cm³/mol. The number of hydrogen-bond donors (Lipinski definition) is 2. The molecule has 0 bridgehead atoms. The molecule has 0 atom stereocenters. The lowest BCUT2D eigenvalue weighted by molar-refractivity contribution is 0.726. The summed E-state index contributed by atoms with van der Waals surface area (Å²) in [6, 6.07) is 8.67. The predicted octanol–water partition coefficient (Wildman–Crippen LogP) is 3.28. The molecule has 2 N–H and O–H groups in total. The largest absolute Gasteiger partial charge is 0.372 e. The Balaban J connectivity index is 1.98. The summed E-state index contributed by atoms with van der Waals surface area (Å²) in [5, 5.41) is 7.89. The van der Waals surface area contributed by atoms with E-state index in [9.17, 15) is 0 Å². The number of benzene rings is 1. The average Bonchev–Trinajstić information content (AvgIpc) is 2.82. The smallest absolute Gasteiger partial charge is 0.186 e. The average molecular weight is 318 g/mol.